The Morgan fingerprint density at radius 1 is 1.17 bits per heavy atom. The first-order chi connectivity index (χ1) is 13.8. The van der Waals surface area contributed by atoms with Crippen LogP contribution in [0.5, 0.6) is 0 Å². The summed E-state index contributed by atoms with van der Waals surface area (Å²) in [5.74, 6) is -0.366. The third-order valence-corrected chi connectivity index (χ3v) is 6.34. The third-order valence-electron chi connectivity index (χ3n) is 5.04. The molecule has 0 spiro atoms. The van der Waals surface area contributed by atoms with Crippen LogP contribution in [0.3, 0.4) is 0 Å². The summed E-state index contributed by atoms with van der Waals surface area (Å²) in [6.45, 7) is 6.32. The van der Waals surface area contributed by atoms with Crippen LogP contribution in [0.4, 0.5) is 10.8 Å². The van der Waals surface area contributed by atoms with E-state index in [1.165, 1.54) is 23.8 Å². The van der Waals surface area contributed by atoms with Gasteiger partial charge in [0.25, 0.3) is 11.6 Å². The minimum absolute atomic E-state index is 0.0297. The van der Waals surface area contributed by atoms with Crippen molar-refractivity contribution in [3.8, 4) is 0 Å². The first kappa shape index (κ1) is 19.6. The van der Waals surface area contributed by atoms with E-state index in [4.69, 9.17) is 16.6 Å². The summed E-state index contributed by atoms with van der Waals surface area (Å²) in [5, 5.41) is 12.5. The second-order valence-electron chi connectivity index (χ2n) is 7.12. The van der Waals surface area contributed by atoms with Gasteiger partial charge >= 0.3 is 0 Å². The van der Waals surface area contributed by atoms with E-state index in [1.54, 1.807) is 16.2 Å². The second-order valence-corrected chi connectivity index (χ2v) is 8.57. The highest BCUT2D eigenvalue weighted by Gasteiger charge is 2.28. The Kier molecular flexibility index (Phi) is 5.14. The van der Waals surface area contributed by atoms with E-state index in [1.807, 2.05) is 0 Å². The molecular weight excluding hydrogens is 412 g/mol. The maximum atomic E-state index is 12.9. The Labute approximate surface area is 176 Å². The van der Waals surface area contributed by atoms with Crippen LogP contribution in [0.2, 0.25) is 5.02 Å². The number of nitro benzene ring substituents is 1. The maximum absolute atomic E-state index is 12.9. The molecule has 0 N–H and O–H groups in total. The number of nitro groups is 1. The maximum Gasteiger partial charge on any atom is 0.282 e. The number of piperazine rings is 1. The van der Waals surface area contributed by atoms with Crippen LogP contribution < -0.4 is 4.90 Å². The molecule has 1 saturated heterocycles. The number of carbonyl (C=O) groups is 1. The molecule has 1 aliphatic rings. The average molecular weight is 431 g/mol. The number of benzene rings is 2. The predicted molar refractivity (Wildman–Crippen MR) is 115 cm³/mol. The molecule has 0 bridgehead atoms. The van der Waals surface area contributed by atoms with Crippen molar-refractivity contribution in [2.75, 3.05) is 31.1 Å². The molecule has 0 aliphatic carbocycles. The summed E-state index contributed by atoms with van der Waals surface area (Å²) in [5.41, 5.74) is 3.19. The second kappa shape index (κ2) is 7.61. The van der Waals surface area contributed by atoms with Crippen LogP contribution in [0.1, 0.15) is 21.5 Å². The van der Waals surface area contributed by atoms with Gasteiger partial charge in [-0.15, -0.1) is 0 Å². The molecule has 1 fully saturated rings. The van der Waals surface area contributed by atoms with E-state index >= 15 is 0 Å². The van der Waals surface area contributed by atoms with Crippen molar-refractivity contribution in [3.05, 3.63) is 62.2 Å². The van der Waals surface area contributed by atoms with Crippen LogP contribution in [0, 0.1) is 24.0 Å². The molecule has 29 heavy (non-hydrogen) atoms. The molecule has 0 atom stereocenters. The number of fused-ring (bicyclic) bond motifs is 1. The molecule has 0 unspecified atom stereocenters. The molecule has 4 rings (SSSR count). The monoisotopic (exact) mass is 430 g/mol. The number of halogens is 1. The molecule has 0 saturated carbocycles. The van der Waals surface area contributed by atoms with Gasteiger partial charge in [0, 0.05) is 37.3 Å². The summed E-state index contributed by atoms with van der Waals surface area (Å²) in [4.78, 5) is 32.2. The minimum Gasteiger partial charge on any atom is -0.345 e. The number of hydrogen-bond acceptors (Lipinski definition) is 6. The number of anilines is 1. The van der Waals surface area contributed by atoms with E-state index in [-0.39, 0.29) is 17.2 Å². The number of aryl methyl sites for hydroxylation is 2. The summed E-state index contributed by atoms with van der Waals surface area (Å²) in [6, 6.07) is 8.33. The Morgan fingerprint density at radius 3 is 2.59 bits per heavy atom. The van der Waals surface area contributed by atoms with Crippen molar-refractivity contribution in [2.45, 2.75) is 13.8 Å². The Bertz CT molecular complexity index is 1120. The Hall–Kier alpha value is -2.71. The molecule has 150 valence electrons. The van der Waals surface area contributed by atoms with Gasteiger partial charge < -0.3 is 9.80 Å². The van der Waals surface area contributed by atoms with Crippen LogP contribution >= 0.6 is 22.9 Å². The fraction of sp³-hybridized carbons (Fsp3) is 0.300. The molecule has 9 heteroatoms. The molecule has 1 amide bonds. The number of rotatable bonds is 3. The van der Waals surface area contributed by atoms with E-state index in [2.05, 4.69) is 30.9 Å². The lowest BCUT2D eigenvalue weighted by Crippen LogP contribution is -2.48. The van der Waals surface area contributed by atoms with Crippen molar-refractivity contribution in [1.29, 1.82) is 0 Å². The van der Waals surface area contributed by atoms with E-state index in [0.29, 0.717) is 31.2 Å². The van der Waals surface area contributed by atoms with Gasteiger partial charge in [0.1, 0.15) is 5.56 Å². The van der Waals surface area contributed by atoms with Gasteiger partial charge in [0.2, 0.25) is 0 Å². The topological polar surface area (TPSA) is 79.6 Å². The van der Waals surface area contributed by atoms with E-state index in [0.717, 1.165) is 20.9 Å². The van der Waals surface area contributed by atoms with Crippen molar-refractivity contribution in [3.63, 3.8) is 0 Å². The van der Waals surface area contributed by atoms with Crippen molar-refractivity contribution in [2.24, 2.45) is 0 Å². The summed E-state index contributed by atoms with van der Waals surface area (Å²) < 4.78 is 1.16. The van der Waals surface area contributed by atoms with Gasteiger partial charge in [0.15, 0.2) is 5.13 Å². The smallest absolute Gasteiger partial charge is 0.282 e. The number of thiazole rings is 1. The number of hydrogen-bond donors (Lipinski definition) is 0. The van der Waals surface area contributed by atoms with Gasteiger partial charge in [0.05, 0.1) is 15.1 Å². The molecule has 1 aliphatic heterocycles. The van der Waals surface area contributed by atoms with Crippen LogP contribution in [-0.2, 0) is 0 Å². The molecular formula is C20H19ClN4O3S. The van der Waals surface area contributed by atoms with Crippen LogP contribution in [0.15, 0.2) is 30.3 Å². The van der Waals surface area contributed by atoms with Crippen LogP contribution in [0.25, 0.3) is 10.2 Å². The highest BCUT2D eigenvalue weighted by Crippen LogP contribution is 2.32. The first-order valence-corrected chi connectivity index (χ1v) is 10.4. The zero-order chi connectivity index (χ0) is 20.7. The molecule has 7 nitrogen and oxygen atoms in total. The number of amides is 1. The molecule has 2 aromatic carbocycles. The Morgan fingerprint density at radius 2 is 1.90 bits per heavy atom. The minimum atomic E-state index is -0.550. The molecule has 2 heterocycles. The lowest BCUT2D eigenvalue weighted by atomic mass is 10.1. The lowest BCUT2D eigenvalue weighted by Gasteiger charge is -2.34. The highest BCUT2D eigenvalue weighted by atomic mass is 35.5. The van der Waals surface area contributed by atoms with E-state index in [9.17, 15) is 14.9 Å². The van der Waals surface area contributed by atoms with Gasteiger partial charge in [-0.1, -0.05) is 29.0 Å². The lowest BCUT2D eigenvalue weighted by molar-refractivity contribution is -0.385. The number of nitrogens with zero attached hydrogens (tertiary/aromatic N) is 4. The van der Waals surface area contributed by atoms with Crippen molar-refractivity contribution in [1.82, 2.24) is 9.88 Å². The molecule has 1 aromatic heterocycles. The number of aromatic nitrogens is 1. The zero-order valence-electron chi connectivity index (χ0n) is 16.0. The summed E-state index contributed by atoms with van der Waals surface area (Å²) in [7, 11) is 0. The van der Waals surface area contributed by atoms with Crippen molar-refractivity contribution < 1.29 is 9.72 Å². The zero-order valence-corrected chi connectivity index (χ0v) is 17.6. The normalized spacial score (nSPS) is 14.4. The molecule has 3 aromatic rings. The standard InChI is InChI=1S/C20H19ClN4O3S/c1-12-9-13(2)18-17(10-12)29-20(22-18)24-7-5-23(6-8-24)19(26)15-11-14(21)3-4-16(15)25(27)28/h3-4,9-11H,5-8H2,1-2H3. The predicted octanol–water partition coefficient (Wildman–Crippen LogP) is 4.44. The number of carbonyl (C=O) groups excluding carboxylic acids is 1. The molecule has 0 radical (unpaired) electrons. The van der Waals surface area contributed by atoms with Crippen molar-refractivity contribution >= 4 is 49.9 Å². The highest BCUT2D eigenvalue weighted by molar-refractivity contribution is 7.22. The largest absolute Gasteiger partial charge is 0.345 e. The van der Waals surface area contributed by atoms with Gasteiger partial charge in [-0.25, -0.2) is 4.98 Å². The first-order valence-electron chi connectivity index (χ1n) is 9.19. The van der Waals surface area contributed by atoms with Gasteiger partial charge in [-0.3, -0.25) is 14.9 Å². The summed E-state index contributed by atoms with van der Waals surface area (Å²) >= 11 is 7.61. The Balaban J connectivity index is 1.51. The SMILES string of the molecule is Cc1cc(C)c2nc(N3CCN(C(=O)c4cc(Cl)ccc4[N+](=O)[O-])CC3)sc2c1. The van der Waals surface area contributed by atoms with Gasteiger partial charge in [-0.05, 0) is 43.2 Å². The quantitative estimate of drug-likeness (QED) is 0.453. The summed E-state index contributed by atoms with van der Waals surface area (Å²) in [6.07, 6.45) is 0. The average Bonchev–Trinajstić information content (AvgIpc) is 3.11. The van der Waals surface area contributed by atoms with E-state index < -0.39 is 4.92 Å². The van der Waals surface area contributed by atoms with Gasteiger partial charge in [-0.2, -0.15) is 0 Å². The fourth-order valence-electron chi connectivity index (χ4n) is 3.60. The fourth-order valence-corrected chi connectivity index (χ4v) is 4.97. The third kappa shape index (κ3) is 3.77. The van der Waals surface area contributed by atoms with Crippen LogP contribution in [-0.4, -0.2) is 46.9 Å².